The monoisotopic (exact) mass is 525 g/mol. The smallest absolute Gasteiger partial charge is 0.309 e. The van der Waals surface area contributed by atoms with E-state index in [-0.39, 0.29) is 18.3 Å². The predicted octanol–water partition coefficient (Wildman–Crippen LogP) is 3.99. The van der Waals surface area contributed by atoms with Gasteiger partial charge in [0.25, 0.3) is 0 Å². The van der Waals surface area contributed by atoms with Gasteiger partial charge in [0.05, 0.1) is 42.6 Å². The maximum absolute atomic E-state index is 13.3. The third kappa shape index (κ3) is 5.15. The van der Waals surface area contributed by atoms with Gasteiger partial charge in [0, 0.05) is 18.8 Å². The number of hydrogen-bond acceptors (Lipinski definition) is 9. The molecule has 4 heterocycles. The molecule has 0 bridgehead atoms. The number of methoxy groups -OCH3 is 1. The van der Waals surface area contributed by atoms with Crippen molar-refractivity contribution >= 4 is 27.5 Å². The Labute approximate surface area is 216 Å². The Morgan fingerprint density at radius 3 is 2.78 bits per heavy atom. The van der Waals surface area contributed by atoms with E-state index in [1.165, 1.54) is 17.6 Å². The summed E-state index contributed by atoms with van der Waals surface area (Å²) in [5, 5.41) is 14.4. The SMILES string of the molecule is COc1ccccc1[C@@H](Cn1nc(CC(=O)O)c(=O)c2c(C)c(-c3ncco3)sc21)OC1CCOCC1. The molecule has 0 saturated carbocycles. The van der Waals surface area contributed by atoms with E-state index >= 15 is 0 Å². The second-order valence-corrected chi connectivity index (χ2v) is 9.78. The molecule has 0 radical (unpaired) electrons. The fraction of sp³-hybridized carbons (Fsp3) is 0.385. The van der Waals surface area contributed by atoms with E-state index in [4.69, 9.17) is 18.6 Å². The average Bonchev–Trinajstić information content (AvgIpc) is 3.55. The fourth-order valence-corrected chi connectivity index (χ4v) is 5.80. The van der Waals surface area contributed by atoms with Gasteiger partial charge in [-0.25, -0.2) is 4.98 Å². The topological polar surface area (TPSA) is 126 Å². The van der Waals surface area contributed by atoms with Crippen LogP contribution in [0.25, 0.3) is 21.0 Å². The van der Waals surface area contributed by atoms with Crippen LogP contribution in [0, 0.1) is 6.92 Å². The van der Waals surface area contributed by atoms with E-state index in [1.54, 1.807) is 18.0 Å². The lowest BCUT2D eigenvalue weighted by Crippen LogP contribution is -2.28. The number of thiophene rings is 1. The average molecular weight is 526 g/mol. The van der Waals surface area contributed by atoms with E-state index in [9.17, 15) is 14.7 Å². The molecule has 1 aliphatic rings. The van der Waals surface area contributed by atoms with E-state index in [0.717, 1.165) is 18.4 Å². The minimum absolute atomic E-state index is 0.0232. The van der Waals surface area contributed by atoms with Crippen molar-refractivity contribution in [1.82, 2.24) is 14.8 Å². The summed E-state index contributed by atoms with van der Waals surface area (Å²) >= 11 is 1.33. The van der Waals surface area contributed by atoms with Crippen LogP contribution in [0.3, 0.4) is 0 Å². The molecule has 1 atom stereocenters. The molecule has 5 rings (SSSR count). The lowest BCUT2D eigenvalue weighted by molar-refractivity contribution is -0.136. The molecule has 3 aromatic heterocycles. The number of fused-ring (bicyclic) bond motifs is 1. The maximum Gasteiger partial charge on any atom is 0.309 e. The minimum atomic E-state index is -1.13. The number of benzene rings is 1. The third-order valence-corrected chi connectivity index (χ3v) is 7.68. The lowest BCUT2D eigenvalue weighted by Gasteiger charge is -2.29. The minimum Gasteiger partial charge on any atom is -0.496 e. The number of nitrogens with zero attached hydrogens (tertiary/aromatic N) is 3. The highest BCUT2D eigenvalue weighted by Crippen LogP contribution is 2.37. The van der Waals surface area contributed by atoms with E-state index in [1.807, 2.05) is 31.2 Å². The summed E-state index contributed by atoms with van der Waals surface area (Å²) in [5.74, 6) is -0.0642. The second kappa shape index (κ2) is 10.8. The molecule has 1 N–H and O–H groups in total. The zero-order valence-corrected chi connectivity index (χ0v) is 21.3. The molecule has 1 fully saturated rings. The molecule has 194 valence electrons. The molecule has 4 aromatic rings. The van der Waals surface area contributed by atoms with Crippen LogP contribution in [-0.2, 0) is 27.2 Å². The Hall–Kier alpha value is -3.54. The summed E-state index contributed by atoms with van der Waals surface area (Å²) < 4.78 is 24.9. The number of carbonyl (C=O) groups is 1. The Morgan fingerprint density at radius 1 is 1.30 bits per heavy atom. The van der Waals surface area contributed by atoms with E-state index in [2.05, 4.69) is 10.1 Å². The summed E-state index contributed by atoms with van der Waals surface area (Å²) in [7, 11) is 1.61. The van der Waals surface area contributed by atoms with Crippen LogP contribution in [0.5, 0.6) is 5.75 Å². The Balaban J connectivity index is 1.65. The number of aryl methyl sites for hydroxylation is 1. The van der Waals surface area contributed by atoms with Crippen molar-refractivity contribution in [3.8, 4) is 16.5 Å². The first kappa shape index (κ1) is 25.1. The molecule has 0 unspecified atom stereocenters. The summed E-state index contributed by atoms with van der Waals surface area (Å²) in [6.07, 6.45) is 3.55. The van der Waals surface area contributed by atoms with Gasteiger partial charge in [-0.2, -0.15) is 5.10 Å². The quantitative estimate of drug-likeness (QED) is 0.345. The first-order valence-corrected chi connectivity index (χ1v) is 12.8. The second-order valence-electron chi connectivity index (χ2n) is 8.78. The van der Waals surface area contributed by atoms with Gasteiger partial charge in [0.2, 0.25) is 11.3 Å². The molecule has 11 heteroatoms. The van der Waals surface area contributed by atoms with Gasteiger partial charge < -0.3 is 23.7 Å². The number of ether oxygens (including phenoxy) is 3. The van der Waals surface area contributed by atoms with Gasteiger partial charge in [0.1, 0.15) is 28.6 Å². The predicted molar refractivity (Wildman–Crippen MR) is 136 cm³/mol. The van der Waals surface area contributed by atoms with Gasteiger partial charge in [-0.05, 0) is 31.4 Å². The molecule has 1 aromatic carbocycles. The summed E-state index contributed by atoms with van der Waals surface area (Å²) in [6, 6.07) is 7.62. The van der Waals surface area contributed by atoms with Gasteiger partial charge in [-0.15, -0.1) is 11.3 Å². The molecular weight excluding hydrogens is 498 g/mol. The summed E-state index contributed by atoms with van der Waals surface area (Å²) in [5.41, 5.74) is 1.07. The van der Waals surface area contributed by atoms with Crippen LogP contribution in [0.4, 0.5) is 0 Å². The first-order chi connectivity index (χ1) is 18.0. The Kier molecular flexibility index (Phi) is 7.36. The maximum atomic E-state index is 13.3. The van der Waals surface area contributed by atoms with Crippen LogP contribution in [-0.4, -0.2) is 52.3 Å². The van der Waals surface area contributed by atoms with Crippen molar-refractivity contribution in [1.29, 1.82) is 0 Å². The zero-order chi connectivity index (χ0) is 25.9. The molecular formula is C26H27N3O7S. The van der Waals surface area contributed by atoms with Crippen molar-refractivity contribution < 1.29 is 28.5 Å². The number of aliphatic carboxylic acids is 1. The molecule has 1 saturated heterocycles. The Morgan fingerprint density at radius 2 is 2.08 bits per heavy atom. The number of aromatic nitrogens is 3. The first-order valence-electron chi connectivity index (χ1n) is 12.0. The van der Waals surface area contributed by atoms with Crippen molar-refractivity contribution in [2.75, 3.05) is 20.3 Å². The zero-order valence-electron chi connectivity index (χ0n) is 20.5. The number of carboxylic acid groups (broad SMARTS) is 1. The van der Waals surface area contributed by atoms with Gasteiger partial charge in [-0.3, -0.25) is 14.3 Å². The van der Waals surface area contributed by atoms with Crippen LogP contribution in [0.1, 0.15) is 35.8 Å². The molecule has 0 aliphatic carbocycles. The van der Waals surface area contributed by atoms with Crippen LogP contribution in [0.2, 0.25) is 0 Å². The molecule has 0 spiro atoms. The summed E-state index contributed by atoms with van der Waals surface area (Å²) in [4.78, 5) is 30.5. The number of oxazole rings is 1. The van der Waals surface area contributed by atoms with Crippen molar-refractivity contribution in [2.45, 2.75) is 44.9 Å². The van der Waals surface area contributed by atoms with Crippen molar-refractivity contribution in [3.63, 3.8) is 0 Å². The molecule has 10 nitrogen and oxygen atoms in total. The van der Waals surface area contributed by atoms with Gasteiger partial charge in [-0.1, -0.05) is 18.2 Å². The highest BCUT2D eigenvalue weighted by Gasteiger charge is 2.27. The van der Waals surface area contributed by atoms with Crippen molar-refractivity contribution in [3.05, 3.63) is 63.8 Å². The van der Waals surface area contributed by atoms with E-state index < -0.39 is 23.9 Å². The highest BCUT2D eigenvalue weighted by atomic mass is 32.1. The standard InChI is InChI=1S/C26H27N3O7S/c1-15-22-23(32)18(13-21(30)31)28-29(26(22)37-24(15)25-27-9-12-35-25)14-20(36-16-7-10-34-11-8-16)17-5-3-4-6-19(17)33-2/h3-6,9,12,16,20H,7-8,10-11,13-14H2,1-2H3,(H,30,31)/t20-/m1/s1. The largest absolute Gasteiger partial charge is 0.496 e. The number of hydrogen-bond donors (Lipinski definition) is 1. The number of carboxylic acids is 1. The normalized spacial score (nSPS) is 15.2. The molecule has 0 amide bonds. The van der Waals surface area contributed by atoms with Crippen LogP contribution < -0.4 is 10.2 Å². The summed E-state index contributed by atoms with van der Waals surface area (Å²) in [6.45, 7) is 3.30. The fourth-order valence-electron chi connectivity index (χ4n) is 4.60. The van der Waals surface area contributed by atoms with Crippen LogP contribution >= 0.6 is 11.3 Å². The number of para-hydroxylation sites is 1. The van der Waals surface area contributed by atoms with Gasteiger partial charge >= 0.3 is 5.97 Å². The molecule has 1 aliphatic heterocycles. The molecule has 37 heavy (non-hydrogen) atoms. The van der Waals surface area contributed by atoms with E-state index in [0.29, 0.717) is 45.5 Å². The highest BCUT2D eigenvalue weighted by molar-refractivity contribution is 7.22. The van der Waals surface area contributed by atoms with Crippen LogP contribution in [0.15, 0.2) is 45.9 Å². The van der Waals surface area contributed by atoms with Gasteiger partial charge in [0.15, 0.2) is 0 Å². The Bertz CT molecular complexity index is 1460. The lowest BCUT2D eigenvalue weighted by atomic mass is 10.1. The third-order valence-electron chi connectivity index (χ3n) is 6.39. The number of rotatable bonds is 9. The van der Waals surface area contributed by atoms with Crippen molar-refractivity contribution in [2.24, 2.45) is 0 Å².